The fourth-order valence-electron chi connectivity index (χ4n) is 1.82. The molecule has 18 heavy (non-hydrogen) atoms. The Kier molecular flexibility index (Phi) is 5.45. The zero-order valence-corrected chi connectivity index (χ0v) is 13.7. The van der Waals surface area contributed by atoms with Crippen molar-refractivity contribution in [2.24, 2.45) is 0 Å². The molecule has 1 rings (SSSR count). The second-order valence-corrected chi connectivity index (χ2v) is 6.57. The third-order valence-electron chi connectivity index (χ3n) is 2.92. The lowest BCUT2D eigenvalue weighted by Gasteiger charge is -2.26. The molecule has 0 aromatic heterocycles. The van der Waals surface area contributed by atoms with Gasteiger partial charge in [0.05, 0.1) is 5.56 Å². The van der Waals surface area contributed by atoms with Gasteiger partial charge in [-0.05, 0) is 28.0 Å². The van der Waals surface area contributed by atoms with E-state index in [-0.39, 0.29) is 33.9 Å². The van der Waals surface area contributed by atoms with E-state index >= 15 is 0 Å². The summed E-state index contributed by atoms with van der Waals surface area (Å²) in [5.74, 6) is -0.851. The van der Waals surface area contributed by atoms with Crippen LogP contribution in [0.2, 0.25) is 0 Å². The van der Waals surface area contributed by atoms with Crippen LogP contribution in [0.5, 0.6) is 0 Å². The van der Waals surface area contributed by atoms with Gasteiger partial charge in [-0.2, -0.15) is 0 Å². The first-order valence-electron chi connectivity index (χ1n) is 5.92. The van der Waals surface area contributed by atoms with E-state index in [4.69, 9.17) is 0 Å². The number of hydrogen-bond acceptors (Lipinski definition) is 1. The smallest absolute Gasteiger partial charge is 0.335 e. The van der Waals surface area contributed by atoms with E-state index in [1.165, 1.54) is 5.56 Å². The minimum Gasteiger partial charge on any atom is -0.478 e. The second kappa shape index (κ2) is 5.62. The SMILES string of the molecule is CC(C)(C)c1ccc(C(=O)O)c(C(C)(C)C)c1.[Mg]. The lowest BCUT2D eigenvalue weighted by atomic mass is 9.78. The summed E-state index contributed by atoms with van der Waals surface area (Å²) < 4.78 is 0. The second-order valence-electron chi connectivity index (χ2n) is 6.57. The van der Waals surface area contributed by atoms with E-state index in [2.05, 4.69) is 20.8 Å². The molecule has 1 aromatic carbocycles. The Morgan fingerprint density at radius 2 is 1.50 bits per heavy atom. The molecule has 1 aromatic rings. The van der Waals surface area contributed by atoms with Crippen molar-refractivity contribution < 1.29 is 9.90 Å². The maximum absolute atomic E-state index is 11.2. The Morgan fingerprint density at radius 1 is 1.00 bits per heavy atom. The molecule has 2 radical (unpaired) electrons. The molecule has 0 saturated carbocycles. The van der Waals surface area contributed by atoms with Gasteiger partial charge in [-0.3, -0.25) is 0 Å². The fourth-order valence-corrected chi connectivity index (χ4v) is 1.82. The third kappa shape index (κ3) is 3.99. The molecule has 0 bridgehead atoms. The van der Waals surface area contributed by atoms with Crippen LogP contribution in [0.3, 0.4) is 0 Å². The first-order valence-corrected chi connectivity index (χ1v) is 5.92. The van der Waals surface area contributed by atoms with Crippen LogP contribution in [-0.4, -0.2) is 34.1 Å². The summed E-state index contributed by atoms with van der Waals surface area (Å²) in [4.78, 5) is 11.2. The quantitative estimate of drug-likeness (QED) is 0.782. The number of rotatable bonds is 1. The highest BCUT2D eigenvalue weighted by atomic mass is 24.3. The van der Waals surface area contributed by atoms with Gasteiger partial charge < -0.3 is 5.11 Å². The first kappa shape index (κ1) is 17.5. The molecule has 2 nitrogen and oxygen atoms in total. The molecule has 3 heteroatoms. The summed E-state index contributed by atoms with van der Waals surface area (Å²) >= 11 is 0. The van der Waals surface area contributed by atoms with E-state index in [1.54, 1.807) is 6.07 Å². The van der Waals surface area contributed by atoms with Crippen LogP contribution >= 0.6 is 0 Å². The zero-order chi connectivity index (χ0) is 13.4. The lowest BCUT2D eigenvalue weighted by Crippen LogP contribution is -2.20. The number of benzene rings is 1. The predicted octanol–water partition coefficient (Wildman–Crippen LogP) is 3.60. The van der Waals surface area contributed by atoms with Crippen molar-refractivity contribution in [3.8, 4) is 0 Å². The topological polar surface area (TPSA) is 37.3 Å². The van der Waals surface area contributed by atoms with E-state index in [0.29, 0.717) is 5.56 Å². The van der Waals surface area contributed by atoms with Crippen molar-refractivity contribution in [2.75, 3.05) is 0 Å². The summed E-state index contributed by atoms with van der Waals surface area (Å²) in [7, 11) is 0. The van der Waals surface area contributed by atoms with Crippen LogP contribution in [-0.2, 0) is 10.8 Å². The molecular weight excluding hydrogens is 236 g/mol. The molecule has 1 N–H and O–H groups in total. The maximum atomic E-state index is 11.2. The first-order chi connectivity index (χ1) is 7.53. The molecule has 0 spiro atoms. The van der Waals surface area contributed by atoms with Crippen molar-refractivity contribution >= 4 is 29.0 Å². The van der Waals surface area contributed by atoms with Crippen molar-refractivity contribution in [1.82, 2.24) is 0 Å². The monoisotopic (exact) mass is 258 g/mol. The minimum absolute atomic E-state index is 0. The van der Waals surface area contributed by atoms with Gasteiger partial charge in [0.25, 0.3) is 0 Å². The number of carbonyl (C=O) groups is 1. The van der Waals surface area contributed by atoms with Crippen molar-refractivity contribution in [3.63, 3.8) is 0 Å². The van der Waals surface area contributed by atoms with Gasteiger partial charge in [-0.1, -0.05) is 53.7 Å². The van der Waals surface area contributed by atoms with Gasteiger partial charge in [0, 0.05) is 23.1 Å². The summed E-state index contributed by atoms with van der Waals surface area (Å²) in [6.45, 7) is 12.5. The van der Waals surface area contributed by atoms with Crippen molar-refractivity contribution in [3.05, 3.63) is 34.9 Å². The van der Waals surface area contributed by atoms with E-state index in [9.17, 15) is 9.90 Å². The highest BCUT2D eigenvalue weighted by molar-refractivity contribution is 5.90. The van der Waals surface area contributed by atoms with Gasteiger partial charge in [0.15, 0.2) is 0 Å². The average Bonchev–Trinajstić information content (AvgIpc) is 2.14. The number of aromatic carboxylic acids is 1. The van der Waals surface area contributed by atoms with Gasteiger partial charge in [-0.15, -0.1) is 0 Å². The van der Waals surface area contributed by atoms with Crippen LogP contribution in [0.25, 0.3) is 0 Å². The maximum Gasteiger partial charge on any atom is 0.335 e. The minimum atomic E-state index is -0.851. The van der Waals surface area contributed by atoms with E-state index in [0.717, 1.165) is 5.56 Å². The Labute approximate surface area is 126 Å². The summed E-state index contributed by atoms with van der Waals surface area (Å²) in [5.41, 5.74) is 2.36. The molecule has 96 valence electrons. The van der Waals surface area contributed by atoms with Gasteiger partial charge in [0.1, 0.15) is 0 Å². The molecule has 0 aliphatic heterocycles. The summed E-state index contributed by atoms with van der Waals surface area (Å²) in [6.07, 6.45) is 0. The van der Waals surface area contributed by atoms with Gasteiger partial charge in [0.2, 0.25) is 0 Å². The molecule has 0 saturated heterocycles. The van der Waals surface area contributed by atoms with E-state index in [1.807, 2.05) is 32.9 Å². The Morgan fingerprint density at radius 3 is 1.83 bits per heavy atom. The largest absolute Gasteiger partial charge is 0.478 e. The highest BCUT2D eigenvalue weighted by Crippen LogP contribution is 2.31. The standard InChI is InChI=1S/C15H22O2.Mg/c1-14(2,3)10-7-8-11(13(16)17)12(9-10)15(4,5)6;/h7-9H,1-6H3,(H,16,17);. The van der Waals surface area contributed by atoms with Gasteiger partial charge >= 0.3 is 5.97 Å². The Bertz CT molecular complexity index is 437. The average molecular weight is 259 g/mol. The summed E-state index contributed by atoms with van der Waals surface area (Å²) in [5, 5.41) is 9.22. The summed E-state index contributed by atoms with van der Waals surface area (Å²) in [6, 6.07) is 5.67. The normalized spacial score (nSPS) is 11.9. The number of hydrogen-bond donors (Lipinski definition) is 1. The molecule has 0 aliphatic carbocycles. The molecule has 0 atom stereocenters. The molecule has 0 amide bonds. The van der Waals surface area contributed by atoms with Gasteiger partial charge in [-0.25, -0.2) is 4.79 Å². The number of carboxylic acids is 1. The van der Waals surface area contributed by atoms with Crippen LogP contribution in [0.4, 0.5) is 0 Å². The van der Waals surface area contributed by atoms with E-state index < -0.39 is 5.97 Å². The Hall–Kier alpha value is -0.544. The molecular formula is C15H22MgO2. The zero-order valence-electron chi connectivity index (χ0n) is 12.3. The van der Waals surface area contributed by atoms with Crippen LogP contribution in [0.15, 0.2) is 18.2 Å². The molecule has 0 fully saturated rings. The molecule has 0 unspecified atom stereocenters. The van der Waals surface area contributed by atoms with Crippen molar-refractivity contribution in [2.45, 2.75) is 52.4 Å². The van der Waals surface area contributed by atoms with Crippen LogP contribution in [0.1, 0.15) is 63.0 Å². The molecule has 0 heterocycles. The number of carboxylic acid groups (broad SMARTS) is 1. The fraction of sp³-hybridized carbons (Fsp3) is 0.533. The lowest BCUT2D eigenvalue weighted by molar-refractivity contribution is 0.0694. The molecule has 0 aliphatic rings. The highest BCUT2D eigenvalue weighted by Gasteiger charge is 2.24. The Balaban J connectivity index is 0.00000289. The third-order valence-corrected chi connectivity index (χ3v) is 2.92. The van der Waals surface area contributed by atoms with Crippen molar-refractivity contribution in [1.29, 1.82) is 0 Å². The van der Waals surface area contributed by atoms with Crippen LogP contribution < -0.4 is 0 Å². The van der Waals surface area contributed by atoms with Crippen LogP contribution in [0, 0.1) is 0 Å². The predicted molar refractivity (Wildman–Crippen MR) is 76.6 cm³/mol.